The van der Waals surface area contributed by atoms with Crippen molar-refractivity contribution in [3.63, 3.8) is 0 Å². The first kappa shape index (κ1) is 15.4. The third-order valence-corrected chi connectivity index (χ3v) is 2.10. The molecular weight excluding hydrogens is 242 g/mol. The van der Waals surface area contributed by atoms with E-state index in [0.29, 0.717) is 5.56 Å². The summed E-state index contributed by atoms with van der Waals surface area (Å²) in [6.45, 7) is 0.118. The zero-order chi connectivity index (χ0) is 12.0. The number of hydrogen-bond donors (Lipinski definition) is 3. The van der Waals surface area contributed by atoms with Gasteiger partial charge in [0.25, 0.3) is 5.91 Å². The van der Waals surface area contributed by atoms with Gasteiger partial charge >= 0.3 is 0 Å². The van der Waals surface area contributed by atoms with E-state index in [4.69, 9.17) is 5.73 Å². The van der Waals surface area contributed by atoms with Crippen LogP contribution in [0.1, 0.15) is 10.4 Å². The summed E-state index contributed by atoms with van der Waals surface area (Å²) < 4.78 is 0. The number of nitrogens with two attached hydrogens (primary N) is 1. The third kappa shape index (κ3) is 4.84. The summed E-state index contributed by atoms with van der Waals surface area (Å²) in [7, 11) is 1.50. The van der Waals surface area contributed by atoms with Crippen LogP contribution < -0.4 is 16.4 Å². The average Bonchev–Trinajstić information content (AvgIpc) is 2.35. The number of halogens is 1. The topological polar surface area (TPSA) is 84.2 Å². The van der Waals surface area contributed by atoms with E-state index in [-0.39, 0.29) is 30.8 Å². The molecule has 0 heterocycles. The van der Waals surface area contributed by atoms with E-state index in [1.54, 1.807) is 24.3 Å². The van der Waals surface area contributed by atoms with Gasteiger partial charge in [0.15, 0.2) is 0 Å². The van der Waals surface area contributed by atoms with Gasteiger partial charge in [-0.25, -0.2) is 0 Å². The number of likely N-dealkylation sites (N-methyl/N-ethyl adjacent to an activating group) is 1. The Balaban J connectivity index is 0.00000256. The van der Waals surface area contributed by atoms with Crippen LogP contribution in [0, 0.1) is 0 Å². The molecule has 1 rings (SSSR count). The summed E-state index contributed by atoms with van der Waals surface area (Å²) in [5.74, 6) is -0.534. The van der Waals surface area contributed by atoms with Crippen molar-refractivity contribution in [2.45, 2.75) is 6.04 Å². The van der Waals surface area contributed by atoms with Crippen LogP contribution in [0.3, 0.4) is 0 Å². The van der Waals surface area contributed by atoms with Crippen molar-refractivity contribution >= 4 is 24.2 Å². The van der Waals surface area contributed by atoms with Gasteiger partial charge < -0.3 is 16.4 Å². The highest BCUT2D eigenvalue weighted by atomic mass is 35.5. The van der Waals surface area contributed by atoms with Crippen LogP contribution in [0.4, 0.5) is 0 Å². The molecule has 94 valence electrons. The van der Waals surface area contributed by atoms with Gasteiger partial charge in [0.05, 0.1) is 0 Å². The molecule has 2 amide bonds. The summed E-state index contributed by atoms with van der Waals surface area (Å²) in [6.07, 6.45) is 0. The zero-order valence-corrected chi connectivity index (χ0v) is 10.3. The van der Waals surface area contributed by atoms with Gasteiger partial charge in [-0.1, -0.05) is 18.2 Å². The van der Waals surface area contributed by atoms with E-state index in [1.807, 2.05) is 6.07 Å². The molecule has 6 heteroatoms. The van der Waals surface area contributed by atoms with E-state index in [0.717, 1.165) is 0 Å². The van der Waals surface area contributed by atoms with Gasteiger partial charge in [-0.3, -0.25) is 9.59 Å². The van der Waals surface area contributed by atoms with Crippen molar-refractivity contribution in [1.29, 1.82) is 0 Å². The Labute approximate surface area is 106 Å². The van der Waals surface area contributed by atoms with Gasteiger partial charge in [0.1, 0.15) is 6.04 Å². The van der Waals surface area contributed by atoms with Crippen LogP contribution in [0.5, 0.6) is 0 Å². The Morgan fingerprint density at radius 2 is 1.88 bits per heavy atom. The minimum atomic E-state index is -0.724. The number of carbonyl (C=O) groups excluding carboxylic acids is 2. The highest BCUT2D eigenvalue weighted by molar-refractivity contribution is 5.94. The number of rotatable bonds is 4. The lowest BCUT2D eigenvalue weighted by Gasteiger charge is -2.11. The Bertz CT molecular complexity index is 370. The smallest absolute Gasteiger partial charge is 0.251 e. The molecule has 17 heavy (non-hydrogen) atoms. The predicted molar refractivity (Wildman–Crippen MR) is 68.1 cm³/mol. The molecule has 0 fully saturated rings. The van der Waals surface area contributed by atoms with Crippen molar-refractivity contribution in [1.82, 2.24) is 10.6 Å². The molecule has 0 saturated carbocycles. The zero-order valence-electron chi connectivity index (χ0n) is 9.47. The first-order chi connectivity index (χ1) is 7.65. The number of carbonyl (C=O) groups is 2. The molecule has 0 aromatic heterocycles. The van der Waals surface area contributed by atoms with E-state index < -0.39 is 6.04 Å². The summed E-state index contributed by atoms with van der Waals surface area (Å²) in [5.41, 5.74) is 6.08. The standard InChI is InChI=1S/C11H15N3O2.ClH/c1-13-11(16)9(12)7-14-10(15)8-5-3-2-4-6-8;/h2-6,9H,7,12H2,1H3,(H,13,16)(H,14,15);1H. The first-order valence-corrected chi connectivity index (χ1v) is 4.95. The number of hydrogen-bond acceptors (Lipinski definition) is 3. The van der Waals surface area contributed by atoms with E-state index >= 15 is 0 Å². The minimum absolute atomic E-state index is 0. The fraction of sp³-hybridized carbons (Fsp3) is 0.273. The van der Waals surface area contributed by atoms with Gasteiger partial charge in [-0.05, 0) is 12.1 Å². The predicted octanol–water partition coefficient (Wildman–Crippen LogP) is -0.0885. The number of nitrogens with one attached hydrogen (secondary N) is 2. The molecule has 0 spiro atoms. The normalized spacial score (nSPS) is 10.9. The van der Waals surface area contributed by atoms with E-state index in [9.17, 15) is 9.59 Å². The summed E-state index contributed by atoms with van der Waals surface area (Å²) >= 11 is 0. The van der Waals surface area contributed by atoms with Crippen LogP contribution in [0.25, 0.3) is 0 Å². The molecule has 0 radical (unpaired) electrons. The summed E-state index contributed by atoms with van der Waals surface area (Å²) in [6, 6.07) is 8.04. The maximum Gasteiger partial charge on any atom is 0.251 e. The highest BCUT2D eigenvalue weighted by Gasteiger charge is 2.12. The molecular formula is C11H16ClN3O2. The number of benzene rings is 1. The molecule has 0 aliphatic heterocycles. The fourth-order valence-electron chi connectivity index (χ4n) is 1.17. The maximum atomic E-state index is 11.6. The molecule has 5 nitrogen and oxygen atoms in total. The van der Waals surface area contributed by atoms with Gasteiger partial charge in [-0.2, -0.15) is 0 Å². The molecule has 0 aliphatic carbocycles. The van der Waals surface area contributed by atoms with Crippen LogP contribution in [-0.4, -0.2) is 31.4 Å². The summed E-state index contributed by atoms with van der Waals surface area (Å²) in [5, 5.41) is 5.00. The molecule has 1 unspecified atom stereocenters. The molecule has 4 N–H and O–H groups in total. The SMILES string of the molecule is CNC(=O)C(N)CNC(=O)c1ccccc1.Cl. The van der Waals surface area contributed by atoms with E-state index in [2.05, 4.69) is 10.6 Å². The summed E-state index contributed by atoms with van der Waals surface area (Å²) in [4.78, 5) is 22.6. The Kier molecular flexibility index (Phi) is 6.93. The Morgan fingerprint density at radius 1 is 1.29 bits per heavy atom. The van der Waals surface area contributed by atoms with Crippen molar-refractivity contribution < 1.29 is 9.59 Å². The quantitative estimate of drug-likeness (QED) is 0.705. The van der Waals surface area contributed by atoms with Crippen molar-refractivity contribution in [2.75, 3.05) is 13.6 Å². The fourth-order valence-corrected chi connectivity index (χ4v) is 1.17. The highest BCUT2D eigenvalue weighted by Crippen LogP contribution is 1.97. The van der Waals surface area contributed by atoms with Gasteiger partial charge in [-0.15, -0.1) is 12.4 Å². The Morgan fingerprint density at radius 3 is 2.41 bits per heavy atom. The molecule has 0 saturated heterocycles. The molecule has 0 aliphatic rings. The number of amides is 2. The molecule has 1 aromatic rings. The minimum Gasteiger partial charge on any atom is -0.358 e. The average molecular weight is 258 g/mol. The molecule has 0 bridgehead atoms. The van der Waals surface area contributed by atoms with Crippen LogP contribution in [-0.2, 0) is 4.79 Å². The second kappa shape index (κ2) is 7.65. The lowest BCUT2D eigenvalue weighted by molar-refractivity contribution is -0.121. The van der Waals surface area contributed by atoms with Crippen LogP contribution in [0.2, 0.25) is 0 Å². The van der Waals surface area contributed by atoms with Crippen molar-refractivity contribution in [2.24, 2.45) is 5.73 Å². The maximum absolute atomic E-state index is 11.6. The first-order valence-electron chi connectivity index (χ1n) is 4.95. The molecule has 1 aromatic carbocycles. The third-order valence-electron chi connectivity index (χ3n) is 2.10. The lowest BCUT2D eigenvalue weighted by Crippen LogP contribution is -2.46. The second-order valence-electron chi connectivity index (χ2n) is 3.30. The van der Waals surface area contributed by atoms with Crippen LogP contribution in [0.15, 0.2) is 30.3 Å². The van der Waals surface area contributed by atoms with E-state index in [1.165, 1.54) is 7.05 Å². The Hall–Kier alpha value is -1.59. The second-order valence-corrected chi connectivity index (χ2v) is 3.30. The van der Waals surface area contributed by atoms with Gasteiger partial charge in [0.2, 0.25) is 5.91 Å². The van der Waals surface area contributed by atoms with Crippen LogP contribution >= 0.6 is 12.4 Å². The lowest BCUT2D eigenvalue weighted by atomic mass is 10.2. The largest absolute Gasteiger partial charge is 0.358 e. The van der Waals surface area contributed by atoms with Gasteiger partial charge in [0, 0.05) is 19.2 Å². The van der Waals surface area contributed by atoms with Crippen molar-refractivity contribution in [3.8, 4) is 0 Å². The monoisotopic (exact) mass is 257 g/mol. The van der Waals surface area contributed by atoms with Crippen molar-refractivity contribution in [3.05, 3.63) is 35.9 Å². The molecule has 1 atom stereocenters.